The molecule has 0 N–H and O–H groups in total. The molecule has 5 nitrogen and oxygen atoms in total. The number of pyridine rings is 1. The molecule has 0 saturated heterocycles. The molecule has 27 heavy (non-hydrogen) atoms. The molecule has 0 saturated carbocycles. The van der Waals surface area contributed by atoms with E-state index >= 15 is 0 Å². The minimum atomic E-state index is -4.46. The van der Waals surface area contributed by atoms with Crippen LogP contribution in [0.4, 0.5) is 19.1 Å². The van der Waals surface area contributed by atoms with Crippen LogP contribution in [0.5, 0.6) is 0 Å². The van der Waals surface area contributed by atoms with Gasteiger partial charge in [-0.15, -0.1) is 0 Å². The predicted octanol–water partition coefficient (Wildman–Crippen LogP) is 3.79. The van der Waals surface area contributed by atoms with Gasteiger partial charge in [0.15, 0.2) is 0 Å². The Hall–Kier alpha value is -2.61. The van der Waals surface area contributed by atoms with Gasteiger partial charge in [0.25, 0.3) is 5.56 Å². The van der Waals surface area contributed by atoms with E-state index < -0.39 is 17.8 Å². The van der Waals surface area contributed by atoms with Gasteiger partial charge >= 0.3 is 6.18 Å². The van der Waals surface area contributed by atoms with E-state index in [4.69, 9.17) is 11.6 Å². The van der Waals surface area contributed by atoms with Crippen molar-refractivity contribution in [3.8, 4) is 0 Å². The summed E-state index contributed by atoms with van der Waals surface area (Å²) in [6, 6.07) is 8.19. The van der Waals surface area contributed by atoms with Crippen molar-refractivity contribution in [3.05, 3.63) is 63.7 Å². The molecule has 1 atom stereocenters. The molecule has 3 heterocycles. The Kier molecular flexibility index (Phi) is 4.30. The summed E-state index contributed by atoms with van der Waals surface area (Å²) in [5, 5.41) is 0.626. The van der Waals surface area contributed by atoms with Crippen LogP contribution in [0.25, 0.3) is 10.9 Å². The third kappa shape index (κ3) is 3.25. The number of nitrogens with zero attached hydrogens (tertiary/aromatic N) is 4. The lowest BCUT2D eigenvalue weighted by molar-refractivity contribution is -0.153. The van der Waals surface area contributed by atoms with Crippen molar-refractivity contribution in [2.45, 2.75) is 31.7 Å². The lowest BCUT2D eigenvalue weighted by atomic mass is 10.0. The van der Waals surface area contributed by atoms with Gasteiger partial charge in [0, 0.05) is 30.7 Å². The van der Waals surface area contributed by atoms with Crippen molar-refractivity contribution in [2.24, 2.45) is 0 Å². The molecule has 0 aliphatic carbocycles. The van der Waals surface area contributed by atoms with E-state index in [0.717, 1.165) is 16.4 Å². The Morgan fingerprint density at radius 1 is 1.22 bits per heavy atom. The standard InChI is InChI=1S/C18H14ClF3N4O/c19-15-9-16(27)25-8-6-14(18(20,21)22)26(17(25)24-15)10-11-3-1-5-13-12(11)4-2-7-23-13/h1-5,7,9,14H,6,8,10H2. The van der Waals surface area contributed by atoms with Crippen LogP contribution in [0, 0.1) is 0 Å². The number of benzene rings is 1. The fourth-order valence-corrected chi connectivity index (χ4v) is 3.62. The van der Waals surface area contributed by atoms with Crippen LogP contribution in [0.2, 0.25) is 5.15 Å². The van der Waals surface area contributed by atoms with E-state index in [1.165, 1.54) is 4.57 Å². The van der Waals surface area contributed by atoms with Crippen molar-refractivity contribution in [1.82, 2.24) is 14.5 Å². The van der Waals surface area contributed by atoms with Gasteiger partial charge in [0.1, 0.15) is 11.2 Å². The van der Waals surface area contributed by atoms with Crippen LogP contribution in [0.1, 0.15) is 12.0 Å². The minimum absolute atomic E-state index is 0.0594. The summed E-state index contributed by atoms with van der Waals surface area (Å²) in [5.74, 6) is -0.0676. The first-order chi connectivity index (χ1) is 12.8. The van der Waals surface area contributed by atoms with Crippen LogP contribution >= 0.6 is 11.6 Å². The quantitative estimate of drug-likeness (QED) is 0.621. The molecule has 9 heteroatoms. The number of anilines is 1. The summed E-state index contributed by atoms with van der Waals surface area (Å²) in [5.41, 5.74) is 0.889. The second-order valence-corrected chi connectivity index (χ2v) is 6.72. The monoisotopic (exact) mass is 394 g/mol. The van der Waals surface area contributed by atoms with Crippen molar-refractivity contribution in [2.75, 3.05) is 4.90 Å². The molecule has 0 spiro atoms. The third-order valence-corrected chi connectivity index (χ3v) is 4.86. The molecule has 0 bridgehead atoms. The smallest absolute Gasteiger partial charge is 0.326 e. The first kappa shape index (κ1) is 17.8. The highest BCUT2D eigenvalue weighted by Crippen LogP contribution is 2.35. The molecule has 1 aliphatic rings. The molecule has 0 fully saturated rings. The number of alkyl halides is 3. The molecule has 4 rings (SSSR count). The van der Waals surface area contributed by atoms with Crippen LogP contribution in [0.15, 0.2) is 47.4 Å². The van der Waals surface area contributed by atoms with Gasteiger partial charge in [-0.3, -0.25) is 14.3 Å². The van der Waals surface area contributed by atoms with E-state index in [9.17, 15) is 18.0 Å². The van der Waals surface area contributed by atoms with Gasteiger partial charge in [-0.1, -0.05) is 29.8 Å². The molecule has 140 valence electrons. The molecule has 1 unspecified atom stereocenters. The highest BCUT2D eigenvalue weighted by atomic mass is 35.5. The zero-order chi connectivity index (χ0) is 19.2. The second-order valence-electron chi connectivity index (χ2n) is 6.33. The van der Waals surface area contributed by atoms with E-state index in [1.807, 2.05) is 6.07 Å². The largest absolute Gasteiger partial charge is 0.408 e. The lowest BCUT2D eigenvalue weighted by Crippen LogP contribution is -2.52. The van der Waals surface area contributed by atoms with Crippen molar-refractivity contribution in [3.63, 3.8) is 0 Å². The molecule has 1 aromatic carbocycles. The van der Waals surface area contributed by atoms with Crippen molar-refractivity contribution < 1.29 is 13.2 Å². The number of halogens is 4. The summed E-state index contributed by atoms with van der Waals surface area (Å²) in [4.78, 5) is 21.6. The Balaban J connectivity index is 1.86. The van der Waals surface area contributed by atoms with E-state index in [0.29, 0.717) is 11.1 Å². The summed E-state index contributed by atoms with van der Waals surface area (Å²) >= 11 is 5.86. The van der Waals surface area contributed by atoms with Gasteiger partial charge in [-0.2, -0.15) is 13.2 Å². The first-order valence-corrected chi connectivity index (χ1v) is 8.66. The van der Waals surface area contributed by atoms with E-state index in [1.54, 1.807) is 30.5 Å². The lowest BCUT2D eigenvalue weighted by Gasteiger charge is -2.39. The van der Waals surface area contributed by atoms with Gasteiger partial charge in [-0.25, -0.2) is 4.98 Å². The SMILES string of the molecule is O=c1cc(Cl)nc2n1CCC(C(F)(F)F)N2Cc1cccc2ncccc12. The van der Waals surface area contributed by atoms with Gasteiger partial charge < -0.3 is 4.90 Å². The predicted molar refractivity (Wildman–Crippen MR) is 95.9 cm³/mol. The number of rotatable bonds is 2. The van der Waals surface area contributed by atoms with Crippen molar-refractivity contribution in [1.29, 1.82) is 0 Å². The van der Waals surface area contributed by atoms with Crippen LogP contribution in [0.3, 0.4) is 0 Å². The Bertz CT molecular complexity index is 1060. The van der Waals surface area contributed by atoms with Crippen LogP contribution in [-0.2, 0) is 13.1 Å². The van der Waals surface area contributed by atoms with Gasteiger partial charge in [-0.05, 0) is 24.1 Å². The highest BCUT2D eigenvalue weighted by molar-refractivity contribution is 6.29. The van der Waals surface area contributed by atoms with Crippen LogP contribution < -0.4 is 10.5 Å². The summed E-state index contributed by atoms with van der Waals surface area (Å²) in [7, 11) is 0. The zero-order valence-electron chi connectivity index (χ0n) is 13.9. The molecular weight excluding hydrogens is 381 g/mol. The molecule has 3 aromatic rings. The fourth-order valence-electron chi connectivity index (χ4n) is 3.45. The van der Waals surface area contributed by atoms with Crippen molar-refractivity contribution >= 4 is 28.5 Å². The normalized spacial score (nSPS) is 17.2. The second kappa shape index (κ2) is 6.53. The number of hydrogen-bond acceptors (Lipinski definition) is 4. The zero-order valence-corrected chi connectivity index (χ0v) is 14.7. The highest BCUT2D eigenvalue weighted by Gasteiger charge is 2.46. The average molecular weight is 395 g/mol. The molecule has 0 radical (unpaired) electrons. The molecule has 2 aromatic heterocycles. The number of aromatic nitrogens is 3. The first-order valence-electron chi connectivity index (χ1n) is 8.28. The maximum Gasteiger partial charge on any atom is 0.408 e. The maximum absolute atomic E-state index is 13.7. The minimum Gasteiger partial charge on any atom is -0.326 e. The fraction of sp³-hybridized carbons (Fsp3) is 0.278. The third-order valence-electron chi connectivity index (χ3n) is 4.67. The van der Waals surface area contributed by atoms with E-state index in [2.05, 4.69) is 9.97 Å². The topological polar surface area (TPSA) is 51.0 Å². The maximum atomic E-state index is 13.7. The van der Waals surface area contributed by atoms with Crippen LogP contribution in [-0.4, -0.2) is 26.8 Å². The average Bonchev–Trinajstić information content (AvgIpc) is 2.61. The van der Waals surface area contributed by atoms with Gasteiger partial charge in [0.2, 0.25) is 5.95 Å². The van der Waals surface area contributed by atoms with Gasteiger partial charge in [0.05, 0.1) is 5.52 Å². The molecular formula is C18H14ClF3N4O. The molecule has 1 aliphatic heterocycles. The summed E-state index contributed by atoms with van der Waals surface area (Å²) in [6.07, 6.45) is -3.07. The Morgan fingerprint density at radius 2 is 2.04 bits per heavy atom. The van der Waals surface area contributed by atoms with E-state index in [-0.39, 0.29) is 30.6 Å². The summed E-state index contributed by atoms with van der Waals surface area (Å²) in [6.45, 7) is -0.129. The molecule has 0 amide bonds. The number of hydrogen-bond donors (Lipinski definition) is 0. The Labute approximate surface area is 157 Å². The summed E-state index contributed by atoms with van der Waals surface area (Å²) < 4.78 is 42.3. The Morgan fingerprint density at radius 3 is 2.81 bits per heavy atom. The number of fused-ring (bicyclic) bond motifs is 2.